The van der Waals surface area contributed by atoms with Crippen LogP contribution >= 0.6 is 0 Å². The number of benzene rings is 1. The molecule has 2 bridgehead atoms. The zero-order valence-corrected chi connectivity index (χ0v) is 14.8. The summed E-state index contributed by atoms with van der Waals surface area (Å²) >= 11 is 0. The molecule has 4 rings (SSSR count). The van der Waals surface area contributed by atoms with Crippen LogP contribution < -0.4 is 10.6 Å². The largest absolute Gasteiger partial charge is 0.359 e. The maximum Gasteiger partial charge on any atom is 0.317 e. The number of nitrogens with zero attached hydrogens (tertiary/aromatic N) is 1. The third-order valence-electron chi connectivity index (χ3n) is 6.39. The van der Waals surface area contributed by atoms with Crippen molar-refractivity contribution in [2.24, 2.45) is 17.8 Å². The predicted octanol–water partition coefficient (Wildman–Crippen LogP) is 1.96. The van der Waals surface area contributed by atoms with Gasteiger partial charge in [-0.05, 0) is 55.1 Å². The number of likely N-dealkylation sites (tertiary alicyclic amines) is 1. The molecule has 25 heavy (non-hydrogen) atoms. The van der Waals surface area contributed by atoms with E-state index >= 15 is 0 Å². The fourth-order valence-corrected chi connectivity index (χ4v) is 4.98. The summed E-state index contributed by atoms with van der Waals surface area (Å²) in [5.74, 6) is 1.05. The fraction of sp³-hybridized carbons (Fsp3) is 0.600. The highest BCUT2D eigenvalue weighted by molar-refractivity contribution is 5.81. The molecule has 0 spiro atoms. The van der Waals surface area contributed by atoms with Crippen LogP contribution in [0.4, 0.5) is 4.79 Å². The lowest BCUT2D eigenvalue weighted by atomic mass is 9.94. The molecule has 3 atom stereocenters. The minimum Gasteiger partial charge on any atom is -0.359 e. The second-order valence-electron chi connectivity index (χ2n) is 7.80. The average molecular weight is 341 g/mol. The Labute approximate surface area is 149 Å². The minimum atomic E-state index is -0.0640. The van der Waals surface area contributed by atoms with Crippen molar-refractivity contribution in [3.8, 4) is 0 Å². The van der Waals surface area contributed by atoms with Gasteiger partial charge in [-0.2, -0.15) is 0 Å². The Morgan fingerprint density at radius 3 is 2.28 bits per heavy atom. The summed E-state index contributed by atoms with van der Waals surface area (Å²) < 4.78 is 0. The second-order valence-corrected chi connectivity index (χ2v) is 7.80. The Morgan fingerprint density at radius 2 is 1.68 bits per heavy atom. The molecule has 0 aromatic heterocycles. The molecule has 0 radical (unpaired) electrons. The Morgan fingerprint density at radius 1 is 1.04 bits per heavy atom. The molecule has 1 saturated heterocycles. The standard InChI is InChI=1S/C20H27N3O2/c1-21-19(24)17-8-9-23(12-17)20(25)22-18-15-6-7-16(18)11-14-5-3-2-4-13(14)10-15/h2-5,15-18H,6-12H2,1H3,(H,21,24)(H,22,25). The van der Waals surface area contributed by atoms with E-state index in [9.17, 15) is 9.59 Å². The maximum atomic E-state index is 12.8. The number of rotatable bonds is 2. The Bertz CT molecular complexity index is 642. The topological polar surface area (TPSA) is 61.4 Å². The van der Waals surface area contributed by atoms with Crippen LogP contribution in [0.15, 0.2) is 24.3 Å². The van der Waals surface area contributed by atoms with E-state index < -0.39 is 0 Å². The first-order valence-corrected chi connectivity index (χ1v) is 9.49. The highest BCUT2D eigenvalue weighted by atomic mass is 16.2. The molecule has 2 aliphatic carbocycles. The summed E-state index contributed by atoms with van der Waals surface area (Å²) in [7, 11) is 1.66. The van der Waals surface area contributed by atoms with Crippen molar-refractivity contribution in [2.45, 2.75) is 38.1 Å². The Balaban J connectivity index is 1.42. The van der Waals surface area contributed by atoms with Crippen LogP contribution in [0.1, 0.15) is 30.4 Å². The van der Waals surface area contributed by atoms with Gasteiger partial charge in [-0.3, -0.25) is 4.79 Å². The minimum absolute atomic E-state index is 0.0132. The van der Waals surface area contributed by atoms with E-state index in [-0.39, 0.29) is 23.9 Å². The average Bonchev–Trinajstić information content (AvgIpc) is 3.20. The molecule has 5 nitrogen and oxygen atoms in total. The summed E-state index contributed by atoms with van der Waals surface area (Å²) in [4.78, 5) is 26.4. The van der Waals surface area contributed by atoms with Crippen LogP contribution in [0.2, 0.25) is 0 Å². The molecule has 2 fully saturated rings. The van der Waals surface area contributed by atoms with Crippen LogP contribution in [0.5, 0.6) is 0 Å². The molecule has 3 amide bonds. The van der Waals surface area contributed by atoms with Crippen molar-refractivity contribution in [3.63, 3.8) is 0 Å². The van der Waals surface area contributed by atoms with Gasteiger partial charge in [0.05, 0.1) is 5.92 Å². The highest BCUT2D eigenvalue weighted by Gasteiger charge is 2.41. The number of fused-ring (bicyclic) bond motifs is 3. The van der Waals surface area contributed by atoms with Gasteiger partial charge in [0.25, 0.3) is 0 Å². The van der Waals surface area contributed by atoms with Gasteiger partial charge in [0.1, 0.15) is 0 Å². The first-order valence-electron chi connectivity index (χ1n) is 9.49. The normalized spacial score (nSPS) is 30.5. The number of amides is 3. The molecular weight excluding hydrogens is 314 g/mol. The first kappa shape index (κ1) is 16.4. The van der Waals surface area contributed by atoms with Crippen molar-refractivity contribution >= 4 is 11.9 Å². The van der Waals surface area contributed by atoms with Gasteiger partial charge in [-0.15, -0.1) is 0 Å². The number of carbonyl (C=O) groups is 2. The molecule has 3 aliphatic rings. The van der Waals surface area contributed by atoms with Gasteiger partial charge in [0, 0.05) is 26.2 Å². The molecule has 1 aromatic rings. The van der Waals surface area contributed by atoms with Gasteiger partial charge >= 0.3 is 6.03 Å². The van der Waals surface area contributed by atoms with Gasteiger partial charge < -0.3 is 15.5 Å². The third-order valence-corrected chi connectivity index (χ3v) is 6.39. The summed E-state index contributed by atoms with van der Waals surface area (Å²) in [5, 5.41) is 6.02. The van der Waals surface area contributed by atoms with E-state index in [0.717, 1.165) is 19.3 Å². The van der Waals surface area contributed by atoms with Gasteiger partial charge in [-0.1, -0.05) is 24.3 Å². The van der Waals surface area contributed by atoms with E-state index in [1.165, 1.54) is 24.0 Å². The molecule has 134 valence electrons. The molecule has 2 N–H and O–H groups in total. The first-order chi connectivity index (χ1) is 12.2. The molecule has 1 aromatic carbocycles. The molecular formula is C20H27N3O2. The number of carbonyl (C=O) groups excluding carboxylic acids is 2. The Kier molecular flexibility index (Phi) is 4.40. The lowest BCUT2D eigenvalue weighted by Crippen LogP contribution is -2.48. The van der Waals surface area contributed by atoms with Crippen molar-refractivity contribution in [1.82, 2.24) is 15.5 Å². The number of hydrogen-bond donors (Lipinski definition) is 2. The highest BCUT2D eigenvalue weighted by Crippen LogP contribution is 2.40. The molecule has 1 aliphatic heterocycles. The smallest absolute Gasteiger partial charge is 0.317 e. The van der Waals surface area contributed by atoms with E-state index in [4.69, 9.17) is 0 Å². The lowest BCUT2D eigenvalue weighted by Gasteiger charge is -2.27. The number of nitrogens with one attached hydrogen (secondary N) is 2. The van der Waals surface area contributed by atoms with E-state index in [2.05, 4.69) is 34.9 Å². The third kappa shape index (κ3) is 3.12. The molecule has 1 heterocycles. The fourth-order valence-electron chi connectivity index (χ4n) is 4.98. The van der Waals surface area contributed by atoms with Crippen LogP contribution in [-0.2, 0) is 17.6 Å². The molecule has 5 heteroatoms. The van der Waals surface area contributed by atoms with E-state index in [1.54, 1.807) is 7.05 Å². The predicted molar refractivity (Wildman–Crippen MR) is 96.1 cm³/mol. The maximum absolute atomic E-state index is 12.8. The number of urea groups is 1. The summed E-state index contributed by atoms with van der Waals surface area (Å²) in [5.41, 5.74) is 2.91. The van der Waals surface area contributed by atoms with Gasteiger partial charge in [0.2, 0.25) is 5.91 Å². The van der Waals surface area contributed by atoms with Gasteiger partial charge in [0.15, 0.2) is 0 Å². The summed E-state index contributed by atoms with van der Waals surface area (Å²) in [6, 6.07) is 8.99. The molecule has 3 unspecified atom stereocenters. The summed E-state index contributed by atoms with van der Waals surface area (Å²) in [6.07, 6.45) is 5.29. The quantitative estimate of drug-likeness (QED) is 0.864. The van der Waals surface area contributed by atoms with Crippen molar-refractivity contribution < 1.29 is 9.59 Å². The summed E-state index contributed by atoms with van der Waals surface area (Å²) in [6.45, 7) is 1.21. The van der Waals surface area contributed by atoms with Crippen molar-refractivity contribution in [3.05, 3.63) is 35.4 Å². The molecule has 1 saturated carbocycles. The zero-order chi connectivity index (χ0) is 17.4. The zero-order valence-electron chi connectivity index (χ0n) is 14.8. The van der Waals surface area contributed by atoms with Crippen LogP contribution in [0.3, 0.4) is 0 Å². The van der Waals surface area contributed by atoms with Crippen molar-refractivity contribution in [1.29, 1.82) is 0 Å². The SMILES string of the molecule is CNC(=O)C1CCN(C(=O)NC2C3CCC2Cc2ccccc2C3)C1. The van der Waals surface area contributed by atoms with Gasteiger partial charge in [-0.25, -0.2) is 4.79 Å². The van der Waals surface area contributed by atoms with E-state index in [0.29, 0.717) is 24.9 Å². The van der Waals surface area contributed by atoms with Crippen LogP contribution in [0.25, 0.3) is 0 Å². The van der Waals surface area contributed by atoms with E-state index in [1.807, 2.05) is 4.90 Å². The van der Waals surface area contributed by atoms with Crippen LogP contribution in [-0.4, -0.2) is 43.0 Å². The lowest BCUT2D eigenvalue weighted by molar-refractivity contribution is -0.124. The second kappa shape index (κ2) is 6.70. The monoisotopic (exact) mass is 341 g/mol. The van der Waals surface area contributed by atoms with Crippen LogP contribution in [0, 0.1) is 17.8 Å². The Hall–Kier alpha value is -2.04. The van der Waals surface area contributed by atoms with Crippen molar-refractivity contribution in [2.75, 3.05) is 20.1 Å². The number of hydrogen-bond acceptors (Lipinski definition) is 2.